The molecule has 0 aliphatic carbocycles. The lowest BCUT2D eigenvalue weighted by Crippen LogP contribution is -2.50. The lowest BCUT2D eigenvalue weighted by atomic mass is 10.2. The lowest BCUT2D eigenvalue weighted by molar-refractivity contribution is 0.0240. The Morgan fingerprint density at radius 3 is 2.51 bits per heavy atom. The summed E-state index contributed by atoms with van der Waals surface area (Å²) in [5, 5.41) is 14.2. The number of aromatic amines is 1. The van der Waals surface area contributed by atoms with Crippen molar-refractivity contribution in [2.45, 2.75) is 32.9 Å². The predicted octanol–water partition coefficient (Wildman–Crippen LogP) is 4.74. The molecule has 1 fully saturated rings. The molecule has 214 valence electrons. The minimum absolute atomic E-state index is 0.292. The third-order valence-corrected chi connectivity index (χ3v) is 6.70. The Morgan fingerprint density at radius 2 is 1.80 bits per heavy atom. The number of nitrogens with one attached hydrogen (secondary N) is 3. The van der Waals surface area contributed by atoms with Crippen molar-refractivity contribution in [3.63, 3.8) is 0 Å². The van der Waals surface area contributed by atoms with E-state index < -0.39 is 5.60 Å². The number of H-pyrrole nitrogens is 1. The summed E-state index contributed by atoms with van der Waals surface area (Å²) in [6, 6.07) is 17.6. The molecular formula is C30H35N7O4. The number of benzene rings is 2. The van der Waals surface area contributed by atoms with E-state index in [1.807, 2.05) is 75.4 Å². The van der Waals surface area contributed by atoms with Gasteiger partial charge in [-0.3, -0.25) is 4.79 Å². The quantitative estimate of drug-likeness (QED) is 0.295. The lowest BCUT2D eigenvalue weighted by Gasteiger charge is -2.37. The van der Waals surface area contributed by atoms with Gasteiger partial charge in [-0.25, -0.2) is 14.9 Å². The molecule has 11 nitrogen and oxygen atoms in total. The van der Waals surface area contributed by atoms with Crippen LogP contribution in [-0.2, 0) is 11.3 Å². The number of carbonyl (C=O) groups excluding carboxylic acids is 1. The zero-order valence-corrected chi connectivity index (χ0v) is 23.7. The Morgan fingerprint density at radius 1 is 1.05 bits per heavy atom. The number of nitrogens with zero attached hydrogens (tertiary/aromatic N) is 4. The molecule has 3 heterocycles. The van der Waals surface area contributed by atoms with Crippen molar-refractivity contribution in [3.05, 3.63) is 76.7 Å². The molecule has 1 saturated heterocycles. The monoisotopic (exact) mass is 557 g/mol. The summed E-state index contributed by atoms with van der Waals surface area (Å²) in [6.45, 7) is 8.63. The van der Waals surface area contributed by atoms with Crippen LogP contribution < -0.4 is 25.8 Å². The van der Waals surface area contributed by atoms with Gasteiger partial charge in [-0.2, -0.15) is 5.10 Å². The Bertz CT molecular complexity index is 1580. The molecule has 5 rings (SSSR count). The standard InChI is InChI=1S/C30H35N7O4/c1-30(2,3)41-29(39)37-14-12-36(13-15-37)22-10-11-23(24(17-22)40-4)33-27-26-21(19-32-35-28(26)38)16-25(34-27)31-18-20-8-6-5-7-9-20/h5-11,16-17,19H,12-15,18H2,1-4H3,(H,35,38)(H2,31,33,34). The van der Waals surface area contributed by atoms with E-state index in [2.05, 4.69) is 25.7 Å². The van der Waals surface area contributed by atoms with Gasteiger partial charge in [0, 0.05) is 49.9 Å². The van der Waals surface area contributed by atoms with Crippen molar-refractivity contribution in [2.75, 3.05) is 48.8 Å². The number of amides is 1. The van der Waals surface area contributed by atoms with Crippen molar-refractivity contribution >= 4 is 39.9 Å². The summed E-state index contributed by atoms with van der Waals surface area (Å²) in [5.74, 6) is 1.59. The first-order valence-corrected chi connectivity index (χ1v) is 13.5. The van der Waals surface area contributed by atoms with Gasteiger partial charge in [-0.05, 0) is 44.5 Å². The normalized spacial score (nSPS) is 13.7. The fraction of sp³-hybridized carbons (Fsp3) is 0.333. The van der Waals surface area contributed by atoms with E-state index in [1.165, 1.54) is 0 Å². The molecule has 41 heavy (non-hydrogen) atoms. The van der Waals surface area contributed by atoms with Crippen molar-refractivity contribution in [3.8, 4) is 5.75 Å². The van der Waals surface area contributed by atoms with E-state index in [1.54, 1.807) is 18.2 Å². The minimum Gasteiger partial charge on any atom is -0.494 e. The van der Waals surface area contributed by atoms with Gasteiger partial charge in [0.15, 0.2) is 0 Å². The molecule has 1 aliphatic heterocycles. The highest BCUT2D eigenvalue weighted by Gasteiger charge is 2.26. The van der Waals surface area contributed by atoms with Gasteiger partial charge in [-0.15, -0.1) is 0 Å². The molecule has 1 amide bonds. The van der Waals surface area contributed by atoms with Gasteiger partial charge in [0.1, 0.15) is 23.0 Å². The summed E-state index contributed by atoms with van der Waals surface area (Å²) in [7, 11) is 1.60. The first-order valence-electron chi connectivity index (χ1n) is 13.5. The Kier molecular flexibility index (Phi) is 7.95. The van der Waals surface area contributed by atoms with Crippen molar-refractivity contribution in [1.29, 1.82) is 0 Å². The van der Waals surface area contributed by atoms with Crippen LogP contribution in [0.2, 0.25) is 0 Å². The average Bonchev–Trinajstić information content (AvgIpc) is 2.96. The second-order valence-electron chi connectivity index (χ2n) is 10.8. The molecule has 0 radical (unpaired) electrons. The number of fused-ring (bicyclic) bond motifs is 1. The van der Waals surface area contributed by atoms with Gasteiger partial charge in [0.25, 0.3) is 5.56 Å². The van der Waals surface area contributed by atoms with Crippen LogP contribution in [0.15, 0.2) is 65.6 Å². The molecule has 0 spiro atoms. The number of anilines is 4. The second-order valence-corrected chi connectivity index (χ2v) is 10.8. The Balaban J connectivity index is 1.35. The van der Waals surface area contributed by atoms with E-state index in [4.69, 9.17) is 14.5 Å². The van der Waals surface area contributed by atoms with Crippen LogP contribution in [0.5, 0.6) is 5.75 Å². The summed E-state index contributed by atoms with van der Waals surface area (Å²) >= 11 is 0. The first kappa shape index (κ1) is 27.8. The number of hydrogen-bond donors (Lipinski definition) is 3. The Hall–Kier alpha value is -4.80. The summed E-state index contributed by atoms with van der Waals surface area (Å²) in [5.41, 5.74) is 1.87. The molecule has 0 bridgehead atoms. The molecule has 2 aromatic carbocycles. The minimum atomic E-state index is -0.524. The molecule has 3 N–H and O–H groups in total. The number of pyridine rings is 1. The van der Waals surface area contributed by atoms with Gasteiger partial charge < -0.3 is 29.9 Å². The second kappa shape index (κ2) is 11.7. The zero-order valence-electron chi connectivity index (χ0n) is 23.7. The van der Waals surface area contributed by atoms with Crippen molar-refractivity contribution in [1.82, 2.24) is 20.1 Å². The number of hydrogen-bond acceptors (Lipinski definition) is 9. The smallest absolute Gasteiger partial charge is 0.410 e. The van der Waals surface area contributed by atoms with Crippen LogP contribution in [0.25, 0.3) is 10.8 Å². The molecule has 0 saturated carbocycles. The van der Waals surface area contributed by atoms with E-state index in [-0.39, 0.29) is 11.7 Å². The summed E-state index contributed by atoms with van der Waals surface area (Å²) in [6.07, 6.45) is 1.31. The highest BCUT2D eigenvalue weighted by Crippen LogP contribution is 2.34. The van der Waals surface area contributed by atoms with E-state index >= 15 is 0 Å². The number of ether oxygens (including phenoxy) is 2. The van der Waals surface area contributed by atoms with Crippen LogP contribution in [0.1, 0.15) is 26.3 Å². The maximum absolute atomic E-state index is 12.8. The third-order valence-electron chi connectivity index (χ3n) is 6.70. The third kappa shape index (κ3) is 6.68. The molecule has 0 atom stereocenters. The van der Waals surface area contributed by atoms with E-state index in [9.17, 15) is 9.59 Å². The first-order chi connectivity index (χ1) is 19.7. The number of rotatable bonds is 7. The Labute approximate surface area is 238 Å². The predicted molar refractivity (Wildman–Crippen MR) is 160 cm³/mol. The maximum Gasteiger partial charge on any atom is 0.410 e. The SMILES string of the molecule is COc1cc(N2CCN(C(=O)OC(C)(C)C)CC2)ccc1Nc1nc(NCc2ccccc2)cc2cn[nH]c(=O)c12. The molecule has 1 aliphatic rings. The van der Waals surface area contributed by atoms with Gasteiger partial charge in [0.2, 0.25) is 0 Å². The fourth-order valence-electron chi connectivity index (χ4n) is 4.67. The fourth-order valence-corrected chi connectivity index (χ4v) is 4.67. The van der Waals surface area contributed by atoms with Crippen LogP contribution in [0, 0.1) is 0 Å². The molecular weight excluding hydrogens is 522 g/mol. The van der Waals surface area contributed by atoms with Crippen LogP contribution >= 0.6 is 0 Å². The highest BCUT2D eigenvalue weighted by molar-refractivity contribution is 5.94. The largest absolute Gasteiger partial charge is 0.494 e. The number of methoxy groups -OCH3 is 1. The van der Waals surface area contributed by atoms with E-state index in [0.29, 0.717) is 66.6 Å². The summed E-state index contributed by atoms with van der Waals surface area (Å²) in [4.78, 5) is 33.9. The zero-order chi connectivity index (χ0) is 29.0. The topological polar surface area (TPSA) is 125 Å². The van der Waals surface area contributed by atoms with Crippen LogP contribution in [-0.4, -0.2) is 65.1 Å². The molecule has 4 aromatic rings. The maximum atomic E-state index is 12.8. The van der Waals surface area contributed by atoms with Crippen molar-refractivity contribution in [2.24, 2.45) is 0 Å². The highest BCUT2D eigenvalue weighted by atomic mass is 16.6. The van der Waals surface area contributed by atoms with Gasteiger partial charge in [0.05, 0.1) is 24.4 Å². The van der Waals surface area contributed by atoms with Crippen LogP contribution in [0.4, 0.5) is 27.8 Å². The average molecular weight is 558 g/mol. The van der Waals surface area contributed by atoms with E-state index in [0.717, 1.165) is 11.3 Å². The van der Waals surface area contributed by atoms with Gasteiger partial charge in [-0.1, -0.05) is 30.3 Å². The van der Waals surface area contributed by atoms with Crippen molar-refractivity contribution < 1.29 is 14.3 Å². The number of carbonyl (C=O) groups is 1. The molecule has 0 unspecified atom stereocenters. The summed E-state index contributed by atoms with van der Waals surface area (Å²) < 4.78 is 11.2. The number of aromatic nitrogens is 3. The molecule has 11 heteroatoms. The molecule has 2 aromatic heterocycles. The van der Waals surface area contributed by atoms with Crippen LogP contribution in [0.3, 0.4) is 0 Å². The van der Waals surface area contributed by atoms with Gasteiger partial charge >= 0.3 is 6.09 Å². The number of piperazine rings is 1.